The average Bonchev–Trinajstić information content (AvgIpc) is 3.09. The lowest BCUT2D eigenvalue weighted by Crippen LogP contribution is -1.99. The number of hydrogen-bond donors (Lipinski definition) is 0. The van der Waals surface area contributed by atoms with Crippen LogP contribution in [0.15, 0.2) is 61.2 Å². The van der Waals surface area contributed by atoms with Crippen molar-refractivity contribution in [3.05, 3.63) is 76.5 Å². The molecule has 0 aliphatic heterocycles. The van der Waals surface area contributed by atoms with E-state index in [0.717, 1.165) is 24.0 Å². The second kappa shape index (κ2) is 7.45. The van der Waals surface area contributed by atoms with Crippen molar-refractivity contribution in [3.63, 3.8) is 0 Å². The first-order valence-corrected chi connectivity index (χ1v) is 8.83. The fourth-order valence-electron chi connectivity index (χ4n) is 2.70. The Morgan fingerprint density at radius 1 is 1.08 bits per heavy atom. The predicted molar refractivity (Wildman–Crippen MR) is 101 cm³/mol. The highest BCUT2D eigenvalue weighted by atomic mass is 32.1. The zero-order valence-electron chi connectivity index (χ0n) is 13.7. The van der Waals surface area contributed by atoms with Crippen molar-refractivity contribution in [3.8, 4) is 0 Å². The van der Waals surface area contributed by atoms with Crippen LogP contribution in [0.5, 0.6) is 0 Å². The van der Waals surface area contributed by atoms with Gasteiger partial charge in [-0.15, -0.1) is 11.3 Å². The first-order valence-electron chi connectivity index (χ1n) is 8.01. The van der Waals surface area contributed by atoms with Gasteiger partial charge in [0.2, 0.25) is 0 Å². The summed E-state index contributed by atoms with van der Waals surface area (Å²) in [6.07, 6.45) is 2.18. The van der Waals surface area contributed by atoms with Gasteiger partial charge in [0.15, 0.2) is 0 Å². The molecule has 1 aromatic heterocycles. The van der Waals surface area contributed by atoms with E-state index in [1.807, 2.05) is 0 Å². The molecule has 1 heterocycles. The summed E-state index contributed by atoms with van der Waals surface area (Å²) in [5.74, 6) is -0.146. The Labute approximate surface area is 146 Å². The summed E-state index contributed by atoms with van der Waals surface area (Å²) in [5, 5.41) is 2.47. The Morgan fingerprint density at radius 3 is 2.67 bits per heavy atom. The van der Waals surface area contributed by atoms with E-state index in [1.54, 1.807) is 11.3 Å². The number of fused-ring (bicyclic) bond motifs is 1. The molecule has 0 aliphatic carbocycles. The van der Waals surface area contributed by atoms with Crippen molar-refractivity contribution in [2.45, 2.75) is 19.3 Å². The van der Waals surface area contributed by atoms with Crippen LogP contribution in [-0.4, -0.2) is 13.1 Å². The molecule has 3 rings (SSSR count). The maximum atomic E-state index is 11.2. The fourth-order valence-corrected chi connectivity index (χ4v) is 3.74. The second-order valence-corrected chi connectivity index (χ2v) is 6.90. The lowest BCUT2D eigenvalue weighted by atomic mass is 10.0. The average molecular weight is 336 g/mol. The minimum absolute atomic E-state index is 0.146. The van der Waals surface area contributed by atoms with E-state index in [-0.39, 0.29) is 5.97 Å². The highest BCUT2D eigenvalue weighted by Crippen LogP contribution is 2.30. The van der Waals surface area contributed by atoms with Crippen molar-refractivity contribution in [1.29, 1.82) is 0 Å². The van der Waals surface area contributed by atoms with E-state index in [9.17, 15) is 4.79 Å². The highest BCUT2D eigenvalue weighted by molar-refractivity contribution is 7.13. The van der Waals surface area contributed by atoms with E-state index < -0.39 is 0 Å². The molecule has 3 heteroatoms. The van der Waals surface area contributed by atoms with Crippen LogP contribution >= 0.6 is 11.3 Å². The van der Waals surface area contributed by atoms with Crippen molar-refractivity contribution in [2.24, 2.45) is 0 Å². The molecule has 0 spiro atoms. The van der Waals surface area contributed by atoms with E-state index in [0.29, 0.717) is 6.42 Å². The minimum Gasteiger partial charge on any atom is -0.469 e. The number of ether oxygens (including phenoxy) is 1. The summed E-state index contributed by atoms with van der Waals surface area (Å²) < 4.78 is 4.67. The molecule has 0 fully saturated rings. The molecule has 0 saturated carbocycles. The summed E-state index contributed by atoms with van der Waals surface area (Å²) in [6, 6.07) is 19.1. The number of rotatable bonds is 6. The lowest BCUT2D eigenvalue weighted by Gasteiger charge is -2.05. The normalized spacial score (nSPS) is 10.7. The highest BCUT2D eigenvalue weighted by Gasteiger charge is 2.08. The number of hydrogen-bond acceptors (Lipinski definition) is 3. The maximum Gasteiger partial charge on any atom is 0.305 e. The van der Waals surface area contributed by atoms with Gasteiger partial charge in [0, 0.05) is 16.2 Å². The smallest absolute Gasteiger partial charge is 0.305 e. The van der Waals surface area contributed by atoms with E-state index in [1.165, 1.54) is 27.6 Å². The van der Waals surface area contributed by atoms with Crippen LogP contribution in [0.2, 0.25) is 0 Å². The number of benzene rings is 2. The molecule has 0 aliphatic rings. The monoisotopic (exact) mass is 336 g/mol. The Hall–Kier alpha value is -2.39. The van der Waals surface area contributed by atoms with Gasteiger partial charge in [0.1, 0.15) is 0 Å². The summed E-state index contributed by atoms with van der Waals surface area (Å²) in [4.78, 5) is 13.6. The summed E-state index contributed by atoms with van der Waals surface area (Å²) in [7, 11) is 1.43. The Bertz CT molecular complexity index is 876. The molecule has 24 heavy (non-hydrogen) atoms. The summed E-state index contributed by atoms with van der Waals surface area (Å²) in [6.45, 7) is 4.27. The minimum atomic E-state index is -0.146. The first kappa shape index (κ1) is 16.5. The summed E-state index contributed by atoms with van der Waals surface area (Å²) in [5.41, 5.74) is 2.20. The Kier molecular flexibility index (Phi) is 5.11. The van der Waals surface area contributed by atoms with Crippen molar-refractivity contribution < 1.29 is 9.53 Å². The molecule has 2 nitrogen and oxygen atoms in total. The van der Waals surface area contributed by atoms with E-state index >= 15 is 0 Å². The Balaban J connectivity index is 1.71. The van der Waals surface area contributed by atoms with Gasteiger partial charge < -0.3 is 4.74 Å². The van der Waals surface area contributed by atoms with Crippen LogP contribution < -0.4 is 0 Å². The van der Waals surface area contributed by atoms with Gasteiger partial charge >= 0.3 is 5.97 Å². The zero-order chi connectivity index (χ0) is 16.9. The molecule has 0 bridgehead atoms. The van der Waals surface area contributed by atoms with Crippen LogP contribution in [0.3, 0.4) is 0 Å². The van der Waals surface area contributed by atoms with Crippen LogP contribution in [0.1, 0.15) is 28.2 Å². The largest absolute Gasteiger partial charge is 0.469 e. The van der Waals surface area contributed by atoms with Crippen LogP contribution in [0.4, 0.5) is 0 Å². The number of thiophene rings is 1. The number of methoxy groups -OCH3 is 1. The fraction of sp³-hybridized carbons (Fsp3) is 0.190. The van der Waals surface area contributed by atoms with Gasteiger partial charge in [-0.05, 0) is 52.9 Å². The van der Waals surface area contributed by atoms with Crippen molar-refractivity contribution in [2.75, 3.05) is 7.11 Å². The lowest BCUT2D eigenvalue weighted by molar-refractivity contribution is -0.140. The molecule has 2 aromatic carbocycles. The molecule has 0 unspecified atom stereocenters. The quantitative estimate of drug-likeness (QED) is 0.559. The predicted octanol–water partition coefficient (Wildman–Crippen LogP) is 5.46. The topological polar surface area (TPSA) is 26.3 Å². The number of esters is 1. The molecule has 122 valence electrons. The van der Waals surface area contributed by atoms with Crippen LogP contribution in [-0.2, 0) is 16.0 Å². The molecular formula is C21H20O2S. The third kappa shape index (κ3) is 3.74. The van der Waals surface area contributed by atoms with Crippen LogP contribution in [0.25, 0.3) is 16.3 Å². The third-order valence-electron chi connectivity index (χ3n) is 4.09. The second-order valence-electron chi connectivity index (χ2n) is 5.74. The maximum absolute atomic E-state index is 11.2. The standard InChI is InChI=1S/C21H20O2S/c1-15(17-11-10-16-6-3-4-7-18(16)14-17)20-13-12-19(24-20)8-5-9-21(22)23-2/h3-4,6-7,10-14H,1,5,8-9H2,2H3. The molecule has 0 saturated heterocycles. The number of aryl methyl sites for hydroxylation is 1. The molecule has 0 radical (unpaired) electrons. The van der Waals surface area contributed by atoms with E-state index in [4.69, 9.17) is 0 Å². The van der Waals surface area contributed by atoms with Gasteiger partial charge in [-0.1, -0.05) is 43.0 Å². The SMILES string of the molecule is C=C(c1ccc2ccccc2c1)c1ccc(CCCC(=O)OC)s1. The molecule has 0 atom stereocenters. The molecule has 3 aromatic rings. The zero-order valence-corrected chi connectivity index (χ0v) is 14.6. The van der Waals surface area contributed by atoms with Crippen LogP contribution in [0, 0.1) is 0 Å². The number of carbonyl (C=O) groups excluding carboxylic acids is 1. The number of carbonyl (C=O) groups is 1. The Morgan fingerprint density at radius 2 is 1.88 bits per heavy atom. The van der Waals surface area contributed by atoms with E-state index in [2.05, 4.69) is 65.9 Å². The molecular weight excluding hydrogens is 316 g/mol. The van der Waals surface area contributed by atoms with Crippen molar-refractivity contribution >= 4 is 33.7 Å². The van der Waals surface area contributed by atoms with Gasteiger partial charge in [-0.3, -0.25) is 4.79 Å². The molecule has 0 N–H and O–H groups in total. The van der Waals surface area contributed by atoms with Gasteiger partial charge in [0.25, 0.3) is 0 Å². The third-order valence-corrected chi connectivity index (χ3v) is 5.29. The molecule has 0 amide bonds. The van der Waals surface area contributed by atoms with Gasteiger partial charge in [-0.2, -0.15) is 0 Å². The van der Waals surface area contributed by atoms with Gasteiger partial charge in [-0.25, -0.2) is 0 Å². The summed E-state index contributed by atoms with van der Waals surface area (Å²) >= 11 is 1.75. The van der Waals surface area contributed by atoms with Crippen molar-refractivity contribution in [1.82, 2.24) is 0 Å². The first-order chi connectivity index (χ1) is 11.7. The van der Waals surface area contributed by atoms with Gasteiger partial charge in [0.05, 0.1) is 7.11 Å².